The van der Waals surface area contributed by atoms with Crippen molar-refractivity contribution in [1.82, 2.24) is 14.5 Å². The monoisotopic (exact) mass is 380 g/mol. The molecule has 2 heterocycles. The fourth-order valence-corrected chi connectivity index (χ4v) is 3.79. The molecular weight excluding hydrogens is 364 g/mol. The van der Waals surface area contributed by atoms with Crippen LogP contribution in [0.2, 0.25) is 0 Å². The predicted molar refractivity (Wildman–Crippen MR) is 104 cm³/mol. The molecule has 4 aromatic rings. The molecule has 0 aliphatic rings. The van der Waals surface area contributed by atoms with Crippen LogP contribution in [0.1, 0.15) is 5.82 Å². The topological polar surface area (TPSA) is 83.1 Å². The molecule has 136 valence electrons. The average molecular weight is 380 g/mol. The van der Waals surface area contributed by atoms with Crippen molar-refractivity contribution in [2.24, 2.45) is 0 Å². The summed E-state index contributed by atoms with van der Waals surface area (Å²) in [6.07, 6.45) is 1.27. The van der Waals surface area contributed by atoms with Crippen LogP contribution in [-0.2, 0) is 6.54 Å². The Hall–Kier alpha value is -3.26. The van der Waals surface area contributed by atoms with Gasteiger partial charge in [0, 0.05) is 12.5 Å². The van der Waals surface area contributed by atoms with E-state index in [0.29, 0.717) is 24.7 Å². The fourth-order valence-electron chi connectivity index (χ4n) is 2.82. The Morgan fingerprint density at radius 2 is 1.96 bits per heavy atom. The summed E-state index contributed by atoms with van der Waals surface area (Å²) in [4.78, 5) is 19.2. The number of nitro groups is 1. The third kappa shape index (κ3) is 3.52. The summed E-state index contributed by atoms with van der Waals surface area (Å²) in [7, 11) is 0. The Balaban J connectivity index is 1.42. The van der Waals surface area contributed by atoms with Crippen molar-refractivity contribution in [3.8, 4) is 16.3 Å². The van der Waals surface area contributed by atoms with E-state index in [1.165, 1.54) is 10.8 Å². The zero-order chi connectivity index (χ0) is 18.8. The number of fused-ring (bicyclic) bond motifs is 1. The smallest absolute Gasteiger partial charge is 0.342 e. The van der Waals surface area contributed by atoms with Crippen molar-refractivity contribution in [3.63, 3.8) is 0 Å². The van der Waals surface area contributed by atoms with Crippen molar-refractivity contribution in [1.29, 1.82) is 0 Å². The number of hydrogen-bond donors (Lipinski definition) is 0. The molecule has 27 heavy (non-hydrogen) atoms. The zero-order valence-electron chi connectivity index (χ0n) is 14.5. The summed E-state index contributed by atoms with van der Waals surface area (Å²) in [6, 6.07) is 15.8. The molecular formula is C19H16N4O3S. The van der Waals surface area contributed by atoms with Gasteiger partial charge in [0.2, 0.25) is 0 Å². The average Bonchev–Trinajstić information content (AvgIpc) is 3.26. The summed E-state index contributed by atoms with van der Waals surface area (Å²) >= 11 is 1.65. The highest BCUT2D eigenvalue weighted by atomic mass is 32.1. The van der Waals surface area contributed by atoms with Gasteiger partial charge in [0.1, 0.15) is 30.1 Å². The van der Waals surface area contributed by atoms with E-state index in [2.05, 4.69) is 16.0 Å². The molecule has 2 aromatic heterocycles. The highest BCUT2D eigenvalue weighted by Crippen LogP contribution is 2.30. The molecule has 0 aliphatic carbocycles. The van der Waals surface area contributed by atoms with Crippen molar-refractivity contribution in [2.45, 2.75) is 13.5 Å². The standard InChI is InChI=1S/C19H16N4O3S/c1-13-20-12-18(23(24)25)22(13)10-11-26-15-8-6-14(7-9-15)19-21-16-4-2-3-5-17(16)27-19/h2-9,12H,10-11H2,1H3. The van der Waals surface area contributed by atoms with Crippen molar-refractivity contribution in [3.05, 3.63) is 70.7 Å². The Labute approximate surface area is 159 Å². The van der Waals surface area contributed by atoms with Gasteiger partial charge in [-0.3, -0.25) is 0 Å². The number of nitrogens with zero attached hydrogens (tertiary/aromatic N) is 4. The molecule has 0 fully saturated rings. The summed E-state index contributed by atoms with van der Waals surface area (Å²) in [5, 5.41) is 12.0. The Morgan fingerprint density at radius 3 is 2.70 bits per heavy atom. The number of benzene rings is 2. The summed E-state index contributed by atoms with van der Waals surface area (Å²) in [5.41, 5.74) is 2.03. The summed E-state index contributed by atoms with van der Waals surface area (Å²) in [6.45, 7) is 2.42. The lowest BCUT2D eigenvalue weighted by Gasteiger charge is -2.07. The highest BCUT2D eigenvalue weighted by Gasteiger charge is 2.17. The number of thiazole rings is 1. The van der Waals surface area contributed by atoms with E-state index < -0.39 is 4.92 Å². The van der Waals surface area contributed by atoms with Crippen LogP contribution >= 0.6 is 11.3 Å². The minimum atomic E-state index is -0.438. The van der Waals surface area contributed by atoms with Gasteiger partial charge >= 0.3 is 5.82 Å². The van der Waals surface area contributed by atoms with Gasteiger partial charge < -0.3 is 14.9 Å². The highest BCUT2D eigenvalue weighted by molar-refractivity contribution is 7.21. The first-order valence-electron chi connectivity index (χ1n) is 8.37. The number of aryl methyl sites for hydroxylation is 1. The van der Waals surface area contributed by atoms with Crippen molar-refractivity contribution < 1.29 is 9.66 Å². The van der Waals surface area contributed by atoms with Crippen LogP contribution in [0.25, 0.3) is 20.8 Å². The maximum absolute atomic E-state index is 11.0. The predicted octanol–water partition coefficient (Wildman–Crippen LogP) is 4.46. The zero-order valence-corrected chi connectivity index (χ0v) is 15.3. The molecule has 0 radical (unpaired) electrons. The quantitative estimate of drug-likeness (QED) is 0.364. The van der Waals surface area contributed by atoms with E-state index in [4.69, 9.17) is 4.74 Å². The van der Waals surface area contributed by atoms with Gasteiger partial charge in [-0.1, -0.05) is 12.1 Å². The van der Waals surface area contributed by atoms with Gasteiger partial charge in [0.25, 0.3) is 0 Å². The Morgan fingerprint density at radius 1 is 1.19 bits per heavy atom. The van der Waals surface area contributed by atoms with Crippen molar-refractivity contribution in [2.75, 3.05) is 6.61 Å². The van der Waals surface area contributed by atoms with Crippen molar-refractivity contribution >= 4 is 27.4 Å². The molecule has 2 aromatic carbocycles. The normalized spacial score (nSPS) is 11.0. The van der Waals surface area contributed by atoms with Crippen LogP contribution in [0.4, 0.5) is 5.82 Å². The molecule has 7 nitrogen and oxygen atoms in total. The van der Waals surface area contributed by atoms with E-state index >= 15 is 0 Å². The number of hydrogen-bond acceptors (Lipinski definition) is 6. The van der Waals surface area contributed by atoms with E-state index in [9.17, 15) is 10.1 Å². The van der Waals surface area contributed by atoms with E-state index in [1.54, 1.807) is 18.3 Å². The largest absolute Gasteiger partial charge is 0.489 e. The van der Waals surface area contributed by atoms with Crippen LogP contribution in [0, 0.1) is 17.0 Å². The number of imidazole rings is 1. The molecule has 4 rings (SSSR count). The van der Waals surface area contributed by atoms with Crippen LogP contribution in [0.3, 0.4) is 0 Å². The first-order chi connectivity index (χ1) is 13.1. The van der Waals surface area contributed by atoms with E-state index in [0.717, 1.165) is 20.8 Å². The second-order valence-corrected chi connectivity index (χ2v) is 6.96. The van der Waals surface area contributed by atoms with E-state index in [-0.39, 0.29) is 5.82 Å². The Bertz CT molecular complexity index is 1070. The van der Waals surface area contributed by atoms with Gasteiger partial charge in [0.15, 0.2) is 5.82 Å². The Kier molecular flexibility index (Phi) is 4.55. The van der Waals surface area contributed by atoms with Gasteiger partial charge in [-0.2, -0.15) is 0 Å². The minimum absolute atomic E-state index is 0.0257. The first-order valence-corrected chi connectivity index (χ1v) is 9.19. The lowest BCUT2D eigenvalue weighted by molar-refractivity contribution is -0.392. The maximum atomic E-state index is 11.0. The van der Waals surface area contributed by atoms with Gasteiger partial charge in [-0.25, -0.2) is 14.5 Å². The van der Waals surface area contributed by atoms with Crippen LogP contribution < -0.4 is 4.74 Å². The lowest BCUT2D eigenvalue weighted by atomic mass is 10.2. The van der Waals surface area contributed by atoms with E-state index in [1.807, 2.05) is 42.5 Å². The maximum Gasteiger partial charge on any atom is 0.342 e. The fraction of sp³-hybridized carbons (Fsp3) is 0.158. The third-order valence-electron chi connectivity index (χ3n) is 4.20. The lowest BCUT2D eigenvalue weighted by Crippen LogP contribution is -2.11. The van der Waals surface area contributed by atoms with Gasteiger partial charge in [-0.15, -0.1) is 11.3 Å². The molecule has 0 amide bonds. The van der Waals surface area contributed by atoms with Gasteiger partial charge in [0.05, 0.1) is 10.2 Å². The SMILES string of the molecule is Cc1ncc([N+](=O)[O-])n1CCOc1ccc(-c2nc3ccccc3s2)cc1. The molecule has 0 unspecified atom stereocenters. The second kappa shape index (κ2) is 7.16. The first kappa shape index (κ1) is 17.2. The number of rotatable bonds is 6. The molecule has 0 aliphatic heterocycles. The van der Waals surface area contributed by atoms with Crippen LogP contribution in [-0.4, -0.2) is 26.1 Å². The second-order valence-electron chi connectivity index (χ2n) is 5.93. The number of para-hydroxylation sites is 1. The number of aromatic nitrogens is 3. The summed E-state index contributed by atoms with van der Waals surface area (Å²) < 4.78 is 8.43. The molecule has 0 N–H and O–H groups in total. The third-order valence-corrected chi connectivity index (χ3v) is 5.29. The molecule has 0 saturated heterocycles. The molecule has 0 spiro atoms. The molecule has 0 saturated carbocycles. The molecule has 0 atom stereocenters. The van der Waals surface area contributed by atoms with Crippen LogP contribution in [0.5, 0.6) is 5.75 Å². The molecule has 0 bridgehead atoms. The molecule has 8 heteroatoms. The summed E-state index contributed by atoms with van der Waals surface area (Å²) in [5.74, 6) is 1.28. The minimum Gasteiger partial charge on any atom is -0.489 e. The van der Waals surface area contributed by atoms with Gasteiger partial charge in [-0.05, 0) is 41.3 Å². The number of ether oxygens (including phenoxy) is 1. The van der Waals surface area contributed by atoms with Crippen LogP contribution in [0.15, 0.2) is 54.7 Å².